The molecule has 1 aliphatic heterocycles. The fourth-order valence-electron chi connectivity index (χ4n) is 2.16. The van der Waals surface area contributed by atoms with Crippen molar-refractivity contribution in [2.75, 3.05) is 13.2 Å². The van der Waals surface area contributed by atoms with Crippen LogP contribution in [-0.2, 0) is 16.1 Å². The molecule has 0 spiro atoms. The molecule has 1 amide bonds. The number of hydrogen-bond acceptors (Lipinski definition) is 3. The molecule has 0 aromatic heterocycles. The number of ether oxygens (including phenoxy) is 2. The van der Waals surface area contributed by atoms with E-state index in [1.807, 2.05) is 30.3 Å². The normalized spacial score (nSPS) is 21.0. The van der Waals surface area contributed by atoms with Crippen molar-refractivity contribution in [3.8, 4) is 12.3 Å². The highest BCUT2D eigenvalue weighted by atomic mass is 127. The number of nitrogens with zero attached hydrogens (tertiary/aromatic N) is 1. The Hall–Kier alpha value is -1.26. The lowest BCUT2D eigenvalue weighted by atomic mass is 10.2. The average molecular weight is 399 g/mol. The Balaban J connectivity index is 1.86. The Labute approximate surface area is 138 Å². The van der Waals surface area contributed by atoms with Gasteiger partial charge in [-0.3, -0.25) is 4.90 Å². The Bertz CT molecular complexity index is 500. The van der Waals surface area contributed by atoms with Crippen LogP contribution in [0.1, 0.15) is 18.4 Å². The number of carbonyl (C=O) groups excluding carboxylic acids is 1. The highest BCUT2D eigenvalue weighted by Crippen LogP contribution is 2.27. The summed E-state index contributed by atoms with van der Waals surface area (Å²) in [4.78, 5) is 13.8. The van der Waals surface area contributed by atoms with E-state index in [1.54, 1.807) is 4.90 Å². The first kappa shape index (κ1) is 16.1. The molecular formula is C16H18INO3. The van der Waals surface area contributed by atoms with Crippen LogP contribution in [0.5, 0.6) is 0 Å². The van der Waals surface area contributed by atoms with Crippen molar-refractivity contribution in [3.63, 3.8) is 0 Å². The molecule has 2 rings (SSSR count). The highest BCUT2D eigenvalue weighted by Gasteiger charge is 2.37. The zero-order valence-electron chi connectivity index (χ0n) is 11.7. The molecule has 2 atom stereocenters. The molecule has 1 fully saturated rings. The number of alkyl halides is 1. The lowest BCUT2D eigenvalue weighted by Crippen LogP contribution is -2.40. The summed E-state index contributed by atoms with van der Waals surface area (Å²) in [6.07, 6.45) is 6.09. The third-order valence-electron chi connectivity index (χ3n) is 3.24. The van der Waals surface area contributed by atoms with Crippen LogP contribution >= 0.6 is 22.6 Å². The summed E-state index contributed by atoms with van der Waals surface area (Å²) >= 11 is 2.31. The molecule has 112 valence electrons. The minimum Gasteiger partial charge on any atom is -0.444 e. The van der Waals surface area contributed by atoms with Crippen molar-refractivity contribution >= 4 is 28.7 Å². The highest BCUT2D eigenvalue weighted by molar-refractivity contribution is 14.1. The summed E-state index contributed by atoms with van der Waals surface area (Å²) in [6, 6.07) is 9.64. The van der Waals surface area contributed by atoms with Crippen LogP contribution in [0.3, 0.4) is 0 Å². The van der Waals surface area contributed by atoms with E-state index in [4.69, 9.17) is 15.9 Å². The molecule has 1 saturated heterocycles. The summed E-state index contributed by atoms with van der Waals surface area (Å²) in [6.45, 7) is 1.39. The number of amides is 1. The van der Waals surface area contributed by atoms with E-state index in [0.29, 0.717) is 19.6 Å². The van der Waals surface area contributed by atoms with Crippen molar-refractivity contribution in [2.45, 2.75) is 29.6 Å². The first-order chi connectivity index (χ1) is 10.2. The van der Waals surface area contributed by atoms with E-state index in [-0.39, 0.29) is 22.9 Å². The number of halogens is 1. The minimum absolute atomic E-state index is 0.248. The number of carbonyl (C=O) groups is 1. The largest absolute Gasteiger partial charge is 0.444 e. The third kappa shape index (κ3) is 4.61. The third-order valence-corrected chi connectivity index (χ3v) is 4.48. The van der Waals surface area contributed by atoms with Gasteiger partial charge in [-0.05, 0) is 12.0 Å². The van der Waals surface area contributed by atoms with Crippen molar-refractivity contribution in [2.24, 2.45) is 0 Å². The van der Waals surface area contributed by atoms with Gasteiger partial charge in [0.2, 0.25) is 0 Å². The van der Waals surface area contributed by atoms with Crippen molar-refractivity contribution < 1.29 is 14.3 Å². The van der Waals surface area contributed by atoms with Crippen LogP contribution in [0.4, 0.5) is 4.79 Å². The quantitative estimate of drug-likeness (QED) is 0.331. The van der Waals surface area contributed by atoms with Crippen LogP contribution in [-0.4, -0.2) is 34.3 Å². The molecule has 0 unspecified atom stereocenters. The fraction of sp³-hybridized carbons (Fsp3) is 0.438. The lowest BCUT2D eigenvalue weighted by Gasteiger charge is -2.25. The molecule has 21 heavy (non-hydrogen) atoms. The number of rotatable bonds is 5. The molecule has 1 aromatic rings. The molecule has 0 radical (unpaired) electrons. The minimum atomic E-state index is -0.330. The van der Waals surface area contributed by atoms with Gasteiger partial charge in [-0.1, -0.05) is 52.9 Å². The van der Waals surface area contributed by atoms with Gasteiger partial charge in [0.1, 0.15) is 12.8 Å². The standard InChI is InChI=1S/C16H18INO3/c1-2-3-11-20-15-14(17)9-10-18(15)16(19)21-12-13-7-5-4-6-8-13/h1,4-8,14-15H,3,9-12H2/t14-,15+/m1/s1. The zero-order chi connectivity index (χ0) is 15.1. The number of terminal acetylenes is 1. The number of hydrogen-bond donors (Lipinski definition) is 0. The maximum Gasteiger partial charge on any atom is 0.412 e. The lowest BCUT2D eigenvalue weighted by molar-refractivity contribution is -0.0271. The molecule has 1 aromatic carbocycles. The summed E-state index contributed by atoms with van der Waals surface area (Å²) < 4.78 is 11.3. The van der Waals surface area contributed by atoms with Gasteiger partial charge in [0.15, 0.2) is 0 Å². The predicted octanol–water partition coefficient (Wildman–Crippen LogP) is 3.20. The van der Waals surface area contributed by atoms with Gasteiger partial charge in [0.05, 0.1) is 10.5 Å². The van der Waals surface area contributed by atoms with Crippen LogP contribution in [0, 0.1) is 12.3 Å². The van der Waals surface area contributed by atoms with Gasteiger partial charge >= 0.3 is 6.09 Å². The molecule has 0 bridgehead atoms. The smallest absolute Gasteiger partial charge is 0.412 e. The molecule has 4 nitrogen and oxygen atoms in total. The van der Waals surface area contributed by atoms with Gasteiger partial charge in [0, 0.05) is 13.0 Å². The Morgan fingerprint density at radius 3 is 2.90 bits per heavy atom. The summed E-state index contributed by atoms with van der Waals surface area (Å²) in [7, 11) is 0. The summed E-state index contributed by atoms with van der Waals surface area (Å²) in [5, 5.41) is 0. The van der Waals surface area contributed by atoms with E-state index < -0.39 is 0 Å². The molecule has 0 N–H and O–H groups in total. The number of benzene rings is 1. The summed E-state index contributed by atoms with van der Waals surface area (Å²) in [5.74, 6) is 2.54. The van der Waals surface area contributed by atoms with Gasteiger partial charge in [-0.2, -0.15) is 0 Å². The molecule has 0 aliphatic carbocycles. The van der Waals surface area contributed by atoms with Crippen LogP contribution < -0.4 is 0 Å². The molecular weight excluding hydrogens is 381 g/mol. The maximum atomic E-state index is 12.2. The van der Waals surface area contributed by atoms with E-state index in [0.717, 1.165) is 12.0 Å². The van der Waals surface area contributed by atoms with E-state index in [9.17, 15) is 4.79 Å². The van der Waals surface area contributed by atoms with E-state index >= 15 is 0 Å². The first-order valence-corrected chi connectivity index (χ1v) is 8.13. The zero-order valence-corrected chi connectivity index (χ0v) is 13.9. The summed E-state index contributed by atoms with van der Waals surface area (Å²) in [5.41, 5.74) is 0.973. The van der Waals surface area contributed by atoms with Crippen molar-refractivity contribution in [1.82, 2.24) is 4.90 Å². The fourth-order valence-corrected chi connectivity index (χ4v) is 3.03. The van der Waals surface area contributed by atoms with Gasteiger partial charge in [-0.25, -0.2) is 4.79 Å². The van der Waals surface area contributed by atoms with Crippen LogP contribution in [0.15, 0.2) is 30.3 Å². The first-order valence-electron chi connectivity index (χ1n) is 6.89. The van der Waals surface area contributed by atoms with Gasteiger partial charge in [0.25, 0.3) is 0 Å². The van der Waals surface area contributed by atoms with Crippen LogP contribution in [0.2, 0.25) is 0 Å². The van der Waals surface area contributed by atoms with Gasteiger partial charge in [-0.15, -0.1) is 12.3 Å². The molecule has 0 saturated carbocycles. The monoisotopic (exact) mass is 399 g/mol. The topological polar surface area (TPSA) is 38.8 Å². The van der Waals surface area contributed by atoms with Crippen molar-refractivity contribution in [1.29, 1.82) is 0 Å². The van der Waals surface area contributed by atoms with E-state index in [2.05, 4.69) is 28.5 Å². The number of likely N-dealkylation sites (tertiary alicyclic amines) is 1. The van der Waals surface area contributed by atoms with Gasteiger partial charge < -0.3 is 9.47 Å². The van der Waals surface area contributed by atoms with Crippen molar-refractivity contribution in [3.05, 3.63) is 35.9 Å². The maximum absolute atomic E-state index is 12.2. The predicted molar refractivity (Wildman–Crippen MR) is 88.9 cm³/mol. The molecule has 1 aliphatic rings. The van der Waals surface area contributed by atoms with E-state index in [1.165, 1.54) is 0 Å². The second-order valence-electron chi connectivity index (χ2n) is 4.75. The Kier molecular flexibility index (Phi) is 6.33. The SMILES string of the molecule is C#CCCO[C@H]1[C@H](I)CCN1C(=O)OCc1ccccc1. The van der Waals surface area contributed by atoms with Crippen LogP contribution in [0.25, 0.3) is 0 Å². The molecule has 5 heteroatoms. The molecule has 1 heterocycles. The average Bonchev–Trinajstić information content (AvgIpc) is 2.87. The second-order valence-corrected chi connectivity index (χ2v) is 6.35. The second kappa shape index (κ2) is 8.25. The Morgan fingerprint density at radius 2 is 2.19 bits per heavy atom. The Morgan fingerprint density at radius 1 is 1.43 bits per heavy atom.